The van der Waals surface area contributed by atoms with Crippen LogP contribution in [0.5, 0.6) is 5.75 Å². The molecule has 33 heavy (non-hydrogen) atoms. The van der Waals surface area contributed by atoms with Crippen LogP contribution in [-0.2, 0) is 19.1 Å². The molecule has 1 spiro atoms. The lowest BCUT2D eigenvalue weighted by molar-refractivity contribution is -0.128. The van der Waals surface area contributed by atoms with Crippen LogP contribution < -0.4 is 15.0 Å². The molecule has 4 unspecified atom stereocenters. The van der Waals surface area contributed by atoms with Gasteiger partial charge in [-0.1, -0.05) is 18.2 Å². The van der Waals surface area contributed by atoms with Crippen molar-refractivity contribution in [2.45, 2.75) is 18.6 Å². The first kappa shape index (κ1) is 21.2. The van der Waals surface area contributed by atoms with E-state index in [-0.39, 0.29) is 18.4 Å². The summed E-state index contributed by atoms with van der Waals surface area (Å²) in [6.45, 7) is 2.34. The number of hydrogen-bond donors (Lipinski definition) is 1. The molecule has 8 heteroatoms. The second-order valence-electron chi connectivity index (χ2n) is 8.31. The van der Waals surface area contributed by atoms with Crippen LogP contribution in [0.4, 0.5) is 11.4 Å². The Balaban J connectivity index is 1.37. The Kier molecular flexibility index (Phi) is 5.17. The van der Waals surface area contributed by atoms with E-state index in [4.69, 9.17) is 14.2 Å². The van der Waals surface area contributed by atoms with Crippen LogP contribution in [0.2, 0.25) is 0 Å². The SMILES string of the molecule is CCOC(=O)c1cccc(NC(=O)C2C3C=CC4(CN(c5ccc(OC)cc5)C(=O)C24)O3)c1. The highest BCUT2D eigenvalue weighted by Crippen LogP contribution is 2.52. The average molecular weight is 448 g/mol. The highest BCUT2D eigenvalue weighted by molar-refractivity contribution is 6.05. The average Bonchev–Trinajstić information content (AvgIpc) is 3.47. The molecular weight excluding hydrogens is 424 g/mol. The van der Waals surface area contributed by atoms with E-state index >= 15 is 0 Å². The maximum atomic E-state index is 13.4. The molecule has 2 bridgehead atoms. The highest BCUT2D eigenvalue weighted by Gasteiger charge is 2.67. The molecule has 1 N–H and O–H groups in total. The maximum Gasteiger partial charge on any atom is 0.338 e. The number of methoxy groups -OCH3 is 1. The first-order valence-corrected chi connectivity index (χ1v) is 10.9. The monoisotopic (exact) mass is 448 g/mol. The van der Waals surface area contributed by atoms with E-state index in [0.29, 0.717) is 23.5 Å². The van der Waals surface area contributed by atoms with Crippen LogP contribution in [0.1, 0.15) is 17.3 Å². The smallest absolute Gasteiger partial charge is 0.338 e. The zero-order valence-electron chi connectivity index (χ0n) is 18.3. The number of esters is 1. The molecule has 0 aliphatic carbocycles. The van der Waals surface area contributed by atoms with Gasteiger partial charge in [-0.2, -0.15) is 0 Å². The molecule has 3 heterocycles. The third kappa shape index (κ3) is 3.47. The maximum absolute atomic E-state index is 13.4. The Bertz CT molecular complexity index is 1140. The van der Waals surface area contributed by atoms with E-state index in [2.05, 4.69) is 5.32 Å². The predicted octanol–water partition coefficient (Wildman–Crippen LogP) is 2.80. The number of ether oxygens (including phenoxy) is 3. The predicted molar refractivity (Wildman–Crippen MR) is 120 cm³/mol. The fourth-order valence-corrected chi connectivity index (χ4v) is 4.94. The Labute approximate surface area is 191 Å². The number of rotatable bonds is 6. The molecule has 2 aromatic carbocycles. The zero-order valence-corrected chi connectivity index (χ0v) is 18.3. The van der Waals surface area contributed by atoms with Gasteiger partial charge in [0.25, 0.3) is 0 Å². The van der Waals surface area contributed by atoms with E-state index in [0.717, 1.165) is 5.69 Å². The minimum atomic E-state index is -0.823. The number of nitrogens with one attached hydrogen (secondary N) is 1. The summed E-state index contributed by atoms with van der Waals surface area (Å²) >= 11 is 0. The van der Waals surface area contributed by atoms with Gasteiger partial charge in [0.1, 0.15) is 11.4 Å². The van der Waals surface area contributed by atoms with Crippen LogP contribution in [0.3, 0.4) is 0 Å². The van der Waals surface area contributed by atoms with E-state index < -0.39 is 29.5 Å². The van der Waals surface area contributed by atoms with Crippen molar-refractivity contribution in [3.8, 4) is 5.75 Å². The van der Waals surface area contributed by atoms with Crippen LogP contribution in [0.15, 0.2) is 60.7 Å². The molecule has 170 valence electrons. The lowest BCUT2D eigenvalue weighted by Gasteiger charge is -2.23. The standard InChI is InChI=1S/C25H24N2O6/c1-3-32-24(30)15-5-4-6-16(13-15)26-22(28)20-19-11-12-25(33-19)14-27(23(29)21(20)25)17-7-9-18(31-2)10-8-17/h4-13,19-21H,3,14H2,1-2H3,(H,26,28). The largest absolute Gasteiger partial charge is 0.497 e. The van der Waals surface area contributed by atoms with E-state index in [9.17, 15) is 14.4 Å². The minimum Gasteiger partial charge on any atom is -0.497 e. The number of hydrogen-bond acceptors (Lipinski definition) is 6. The summed E-state index contributed by atoms with van der Waals surface area (Å²) in [4.78, 5) is 40.4. The van der Waals surface area contributed by atoms with Crippen molar-refractivity contribution in [2.75, 3.05) is 30.5 Å². The van der Waals surface area contributed by atoms with E-state index in [1.54, 1.807) is 55.3 Å². The summed E-state index contributed by atoms with van der Waals surface area (Å²) < 4.78 is 16.4. The van der Waals surface area contributed by atoms with Gasteiger partial charge in [0.05, 0.1) is 43.8 Å². The number of amides is 2. The van der Waals surface area contributed by atoms with Crippen molar-refractivity contribution in [1.29, 1.82) is 0 Å². The lowest BCUT2D eigenvalue weighted by atomic mass is 9.76. The summed E-state index contributed by atoms with van der Waals surface area (Å²) in [5.41, 5.74) is 0.712. The molecule has 8 nitrogen and oxygen atoms in total. The minimum absolute atomic E-state index is 0.146. The normalized spacial score (nSPS) is 26.9. The number of benzene rings is 2. The molecule has 3 aliphatic heterocycles. The van der Waals surface area contributed by atoms with Gasteiger partial charge in [0.15, 0.2) is 0 Å². The van der Waals surface area contributed by atoms with Crippen molar-refractivity contribution in [1.82, 2.24) is 0 Å². The van der Waals surface area contributed by atoms with Crippen molar-refractivity contribution < 1.29 is 28.6 Å². The number of anilines is 2. The molecule has 0 radical (unpaired) electrons. The first-order chi connectivity index (χ1) is 16.0. The zero-order chi connectivity index (χ0) is 23.2. The van der Waals surface area contributed by atoms with Gasteiger partial charge in [-0.05, 0) is 49.4 Å². The topological polar surface area (TPSA) is 94.2 Å². The first-order valence-electron chi connectivity index (χ1n) is 10.9. The summed E-state index contributed by atoms with van der Waals surface area (Å²) in [5, 5.41) is 2.86. The Hall–Kier alpha value is -3.65. The number of fused-ring (bicyclic) bond motifs is 1. The van der Waals surface area contributed by atoms with Gasteiger partial charge in [-0.15, -0.1) is 0 Å². The molecular formula is C25H24N2O6. The summed E-state index contributed by atoms with van der Waals surface area (Å²) in [5.74, 6) is -1.52. The van der Waals surface area contributed by atoms with Gasteiger partial charge < -0.3 is 24.4 Å². The Morgan fingerprint density at radius 3 is 2.73 bits per heavy atom. The molecule has 4 atom stereocenters. The van der Waals surface area contributed by atoms with Crippen LogP contribution in [0.25, 0.3) is 0 Å². The second kappa shape index (κ2) is 8.04. The second-order valence-corrected chi connectivity index (χ2v) is 8.31. The summed E-state index contributed by atoms with van der Waals surface area (Å²) in [6.07, 6.45) is 3.31. The van der Waals surface area contributed by atoms with Gasteiger partial charge in [-0.25, -0.2) is 4.79 Å². The number of carbonyl (C=O) groups is 3. The van der Waals surface area contributed by atoms with Gasteiger partial charge in [-0.3, -0.25) is 9.59 Å². The van der Waals surface area contributed by atoms with Gasteiger partial charge >= 0.3 is 5.97 Å². The van der Waals surface area contributed by atoms with Crippen molar-refractivity contribution in [2.24, 2.45) is 11.8 Å². The van der Waals surface area contributed by atoms with Crippen LogP contribution >= 0.6 is 0 Å². The number of nitrogens with zero attached hydrogens (tertiary/aromatic N) is 1. The lowest BCUT2D eigenvalue weighted by Crippen LogP contribution is -2.41. The van der Waals surface area contributed by atoms with Crippen molar-refractivity contribution in [3.63, 3.8) is 0 Å². The molecule has 3 aliphatic rings. The molecule has 0 aromatic heterocycles. The molecule has 2 amide bonds. The Morgan fingerprint density at radius 2 is 2.00 bits per heavy atom. The van der Waals surface area contributed by atoms with Crippen LogP contribution in [-0.4, -0.2) is 49.8 Å². The molecule has 2 aromatic rings. The van der Waals surface area contributed by atoms with Crippen molar-refractivity contribution in [3.05, 3.63) is 66.2 Å². The quantitative estimate of drug-likeness (QED) is 0.540. The Morgan fingerprint density at radius 1 is 1.21 bits per heavy atom. The molecule has 0 saturated carbocycles. The highest BCUT2D eigenvalue weighted by atomic mass is 16.5. The third-order valence-electron chi connectivity index (χ3n) is 6.43. The van der Waals surface area contributed by atoms with E-state index in [1.165, 1.54) is 0 Å². The van der Waals surface area contributed by atoms with Crippen LogP contribution in [0, 0.1) is 11.8 Å². The van der Waals surface area contributed by atoms with Crippen molar-refractivity contribution >= 4 is 29.2 Å². The molecule has 5 rings (SSSR count). The fraction of sp³-hybridized carbons (Fsp3) is 0.320. The molecule has 2 fully saturated rings. The van der Waals surface area contributed by atoms with Gasteiger partial charge in [0.2, 0.25) is 11.8 Å². The van der Waals surface area contributed by atoms with Gasteiger partial charge in [0, 0.05) is 11.4 Å². The molecule has 2 saturated heterocycles. The summed E-state index contributed by atoms with van der Waals surface area (Å²) in [6, 6.07) is 13.8. The fourth-order valence-electron chi connectivity index (χ4n) is 4.94. The van der Waals surface area contributed by atoms with E-state index in [1.807, 2.05) is 24.3 Å². The number of carbonyl (C=O) groups excluding carboxylic acids is 3. The summed E-state index contributed by atoms with van der Waals surface area (Å²) in [7, 11) is 1.59. The third-order valence-corrected chi connectivity index (χ3v) is 6.43.